The summed E-state index contributed by atoms with van der Waals surface area (Å²) in [6.07, 6.45) is 9.44. The summed E-state index contributed by atoms with van der Waals surface area (Å²) in [6.45, 7) is 2.06. The number of carbonyl (C=O) groups is 1. The first kappa shape index (κ1) is 12.6. The number of carbonyl (C=O) groups excluding carboxylic acids is 1. The fourth-order valence-electron chi connectivity index (χ4n) is 3.61. The van der Waals surface area contributed by atoms with Gasteiger partial charge in [0.05, 0.1) is 11.6 Å². The van der Waals surface area contributed by atoms with E-state index in [2.05, 4.69) is 29.0 Å². The van der Waals surface area contributed by atoms with Gasteiger partial charge in [-0.3, -0.25) is 9.78 Å². The van der Waals surface area contributed by atoms with Crippen LogP contribution >= 0.6 is 0 Å². The van der Waals surface area contributed by atoms with Crippen LogP contribution in [0.15, 0.2) is 42.6 Å². The number of fused-ring (bicyclic) bond motifs is 3. The molecule has 3 nitrogen and oxygen atoms in total. The molecule has 3 heteroatoms. The largest absolute Gasteiger partial charge is 0.329 e. The molecule has 0 saturated carbocycles. The average molecular weight is 278 g/mol. The van der Waals surface area contributed by atoms with Crippen LogP contribution in [0.25, 0.3) is 10.9 Å². The van der Waals surface area contributed by atoms with Crippen LogP contribution in [0.1, 0.15) is 35.2 Å². The molecule has 4 rings (SSSR count). The number of aromatic nitrogens is 1. The summed E-state index contributed by atoms with van der Waals surface area (Å²) in [5.41, 5.74) is 2.90. The first-order valence-corrected chi connectivity index (χ1v) is 7.59. The molecule has 2 unspecified atom stereocenters. The molecule has 2 atom stereocenters. The molecule has 0 radical (unpaired) electrons. The highest BCUT2D eigenvalue weighted by atomic mass is 16.2. The van der Waals surface area contributed by atoms with Crippen molar-refractivity contribution in [1.82, 2.24) is 9.88 Å². The lowest BCUT2D eigenvalue weighted by Crippen LogP contribution is -2.42. The van der Waals surface area contributed by atoms with Gasteiger partial charge in [0.15, 0.2) is 0 Å². The molecule has 1 fully saturated rings. The van der Waals surface area contributed by atoms with E-state index in [0.717, 1.165) is 41.3 Å². The molecule has 2 aromatic rings. The Labute approximate surface area is 124 Å². The van der Waals surface area contributed by atoms with Crippen molar-refractivity contribution in [2.75, 3.05) is 0 Å². The summed E-state index contributed by atoms with van der Waals surface area (Å²) < 4.78 is 0. The molecular weight excluding hydrogens is 260 g/mol. The maximum absolute atomic E-state index is 12.9. The molecule has 2 aliphatic rings. The Balaban J connectivity index is 1.75. The predicted octanol–water partition coefficient (Wildman–Crippen LogP) is 3.48. The van der Waals surface area contributed by atoms with Gasteiger partial charge >= 0.3 is 0 Å². The second-order valence-corrected chi connectivity index (χ2v) is 6.03. The topological polar surface area (TPSA) is 33.2 Å². The lowest BCUT2D eigenvalue weighted by Gasteiger charge is -2.31. The van der Waals surface area contributed by atoms with Crippen LogP contribution in [0.5, 0.6) is 0 Å². The molecule has 0 spiro atoms. The monoisotopic (exact) mass is 278 g/mol. The molecule has 1 aromatic carbocycles. The first-order valence-electron chi connectivity index (χ1n) is 7.59. The van der Waals surface area contributed by atoms with E-state index in [1.807, 2.05) is 30.5 Å². The quantitative estimate of drug-likeness (QED) is 0.748. The van der Waals surface area contributed by atoms with Gasteiger partial charge in [0, 0.05) is 23.2 Å². The van der Waals surface area contributed by atoms with Crippen molar-refractivity contribution in [2.24, 2.45) is 0 Å². The smallest absolute Gasteiger partial charge is 0.254 e. The fourth-order valence-corrected chi connectivity index (χ4v) is 3.61. The molecule has 0 aliphatic carbocycles. The second-order valence-electron chi connectivity index (χ2n) is 6.03. The van der Waals surface area contributed by atoms with E-state index >= 15 is 0 Å². The standard InChI is InChI=1S/C18H18N2O/c1-12-9-10-19-17-8-5-13(11-16(12)17)18(21)20-14-3-2-4-15(20)7-6-14/h2-3,5,8-11,14-15H,4,6-7H2,1H3. The number of hydrogen-bond acceptors (Lipinski definition) is 2. The van der Waals surface area contributed by atoms with Gasteiger partial charge in [0.2, 0.25) is 0 Å². The summed E-state index contributed by atoms with van der Waals surface area (Å²) in [6, 6.07) is 8.54. The van der Waals surface area contributed by atoms with E-state index in [-0.39, 0.29) is 5.91 Å². The first-order chi connectivity index (χ1) is 10.2. The summed E-state index contributed by atoms with van der Waals surface area (Å²) in [4.78, 5) is 19.3. The zero-order chi connectivity index (χ0) is 14.4. The SMILES string of the molecule is Cc1ccnc2ccc(C(=O)N3C4C=CCC3CC4)cc12. The van der Waals surface area contributed by atoms with Crippen LogP contribution < -0.4 is 0 Å². The van der Waals surface area contributed by atoms with Crippen LogP contribution in [-0.2, 0) is 0 Å². The molecule has 1 amide bonds. The highest BCUT2D eigenvalue weighted by Crippen LogP contribution is 2.33. The number of pyridine rings is 1. The maximum atomic E-state index is 12.9. The molecule has 1 saturated heterocycles. The van der Waals surface area contributed by atoms with Crippen molar-refractivity contribution < 1.29 is 4.79 Å². The Morgan fingerprint density at radius 1 is 1.29 bits per heavy atom. The van der Waals surface area contributed by atoms with Crippen molar-refractivity contribution in [1.29, 1.82) is 0 Å². The highest BCUT2D eigenvalue weighted by Gasteiger charge is 2.37. The third kappa shape index (κ3) is 1.96. The van der Waals surface area contributed by atoms with E-state index in [1.54, 1.807) is 0 Å². The van der Waals surface area contributed by atoms with E-state index in [0.29, 0.717) is 12.1 Å². The van der Waals surface area contributed by atoms with Crippen molar-refractivity contribution in [3.63, 3.8) is 0 Å². The third-order valence-corrected chi connectivity index (χ3v) is 4.75. The lowest BCUT2D eigenvalue weighted by atomic mass is 10.0. The number of rotatable bonds is 1. The van der Waals surface area contributed by atoms with Crippen LogP contribution in [0.3, 0.4) is 0 Å². The van der Waals surface area contributed by atoms with Crippen molar-refractivity contribution >= 4 is 16.8 Å². The minimum atomic E-state index is 0.164. The molecule has 106 valence electrons. The van der Waals surface area contributed by atoms with Gasteiger partial charge in [-0.15, -0.1) is 0 Å². The predicted molar refractivity (Wildman–Crippen MR) is 83.2 cm³/mol. The van der Waals surface area contributed by atoms with Crippen LogP contribution in [0.4, 0.5) is 0 Å². The van der Waals surface area contributed by atoms with Gasteiger partial charge in [-0.05, 0) is 56.0 Å². The van der Waals surface area contributed by atoms with Gasteiger partial charge < -0.3 is 4.90 Å². The number of amides is 1. The molecule has 3 heterocycles. The van der Waals surface area contributed by atoms with Crippen molar-refractivity contribution in [2.45, 2.75) is 38.3 Å². The minimum Gasteiger partial charge on any atom is -0.329 e. The van der Waals surface area contributed by atoms with Gasteiger partial charge in [0.25, 0.3) is 5.91 Å². The second kappa shape index (κ2) is 4.69. The van der Waals surface area contributed by atoms with Crippen LogP contribution in [0.2, 0.25) is 0 Å². The Morgan fingerprint density at radius 2 is 2.19 bits per heavy atom. The molecule has 0 N–H and O–H groups in total. The van der Waals surface area contributed by atoms with E-state index in [1.165, 1.54) is 0 Å². The molecule has 21 heavy (non-hydrogen) atoms. The van der Waals surface area contributed by atoms with Gasteiger partial charge in [0.1, 0.15) is 0 Å². The molecule has 2 aliphatic heterocycles. The number of aryl methyl sites for hydroxylation is 1. The van der Waals surface area contributed by atoms with E-state index in [4.69, 9.17) is 0 Å². The maximum Gasteiger partial charge on any atom is 0.254 e. The molecular formula is C18H18N2O. The molecule has 1 aromatic heterocycles. The zero-order valence-electron chi connectivity index (χ0n) is 12.1. The summed E-state index contributed by atoms with van der Waals surface area (Å²) in [7, 11) is 0. The summed E-state index contributed by atoms with van der Waals surface area (Å²) >= 11 is 0. The lowest BCUT2D eigenvalue weighted by molar-refractivity contribution is 0.0689. The number of benzene rings is 1. The third-order valence-electron chi connectivity index (χ3n) is 4.75. The summed E-state index contributed by atoms with van der Waals surface area (Å²) in [5, 5.41) is 1.07. The van der Waals surface area contributed by atoms with Gasteiger partial charge in [-0.25, -0.2) is 0 Å². The van der Waals surface area contributed by atoms with Crippen LogP contribution in [0, 0.1) is 6.92 Å². The van der Waals surface area contributed by atoms with Crippen LogP contribution in [-0.4, -0.2) is 27.9 Å². The van der Waals surface area contributed by atoms with Gasteiger partial charge in [-0.1, -0.05) is 12.2 Å². The number of hydrogen-bond donors (Lipinski definition) is 0. The Morgan fingerprint density at radius 3 is 3.05 bits per heavy atom. The Hall–Kier alpha value is -2.16. The zero-order valence-corrected chi connectivity index (χ0v) is 12.1. The number of nitrogens with zero attached hydrogens (tertiary/aromatic N) is 2. The minimum absolute atomic E-state index is 0.164. The van der Waals surface area contributed by atoms with Crippen molar-refractivity contribution in [3.8, 4) is 0 Å². The summed E-state index contributed by atoms with van der Waals surface area (Å²) in [5.74, 6) is 0.164. The normalized spacial score (nSPS) is 23.8. The average Bonchev–Trinajstić information content (AvgIpc) is 2.75. The Kier molecular flexibility index (Phi) is 2.81. The molecule has 2 bridgehead atoms. The fraction of sp³-hybridized carbons (Fsp3) is 0.333. The highest BCUT2D eigenvalue weighted by molar-refractivity contribution is 5.99. The van der Waals surface area contributed by atoms with Crippen molar-refractivity contribution in [3.05, 3.63) is 53.7 Å². The van der Waals surface area contributed by atoms with E-state index in [9.17, 15) is 4.79 Å². The van der Waals surface area contributed by atoms with Gasteiger partial charge in [-0.2, -0.15) is 0 Å². The van der Waals surface area contributed by atoms with E-state index < -0.39 is 0 Å². The Bertz CT molecular complexity index is 750.